The Bertz CT molecular complexity index is 515. The molecule has 2 atom stereocenters. The summed E-state index contributed by atoms with van der Waals surface area (Å²) in [7, 11) is 0. The fourth-order valence-electron chi connectivity index (χ4n) is 2.03. The molecule has 0 spiro atoms. The van der Waals surface area contributed by atoms with Gasteiger partial charge < -0.3 is 19.6 Å². The zero-order chi connectivity index (χ0) is 14.8. The number of amides is 1. The van der Waals surface area contributed by atoms with Crippen LogP contribution in [0.1, 0.15) is 23.2 Å². The first-order valence-corrected chi connectivity index (χ1v) is 7.56. The molecule has 7 heteroatoms. The zero-order valence-corrected chi connectivity index (χ0v) is 12.2. The van der Waals surface area contributed by atoms with E-state index in [9.17, 15) is 14.7 Å². The molecule has 1 amide bonds. The molecule has 1 aromatic rings. The number of carboxylic acid groups (broad SMARTS) is 1. The van der Waals surface area contributed by atoms with Crippen LogP contribution in [0.3, 0.4) is 0 Å². The van der Waals surface area contributed by atoms with E-state index in [0.29, 0.717) is 11.5 Å². The molecule has 2 rings (SSSR count). The van der Waals surface area contributed by atoms with E-state index in [4.69, 9.17) is 9.15 Å². The predicted octanol–water partition coefficient (Wildman–Crippen LogP) is 1.36. The molecule has 2 N–H and O–H groups in total. The first kappa shape index (κ1) is 14.9. The van der Waals surface area contributed by atoms with Gasteiger partial charge in [-0.1, -0.05) is 0 Å². The fraction of sp³-hybridized carbons (Fsp3) is 0.538. The van der Waals surface area contributed by atoms with Crippen LogP contribution in [0.25, 0.3) is 0 Å². The van der Waals surface area contributed by atoms with E-state index in [1.54, 1.807) is 30.8 Å². The average Bonchev–Trinajstić information content (AvgIpc) is 2.99. The Labute approximate surface area is 120 Å². The largest absolute Gasteiger partial charge is 0.481 e. The van der Waals surface area contributed by atoms with E-state index in [1.165, 1.54) is 0 Å². The molecule has 0 saturated carbocycles. The average molecular weight is 299 g/mol. The molecule has 0 radical (unpaired) electrons. The predicted molar refractivity (Wildman–Crippen MR) is 73.7 cm³/mol. The van der Waals surface area contributed by atoms with E-state index in [0.717, 1.165) is 0 Å². The van der Waals surface area contributed by atoms with Crippen LogP contribution in [-0.4, -0.2) is 42.5 Å². The summed E-state index contributed by atoms with van der Waals surface area (Å²) < 4.78 is 10.6. The van der Waals surface area contributed by atoms with E-state index < -0.39 is 23.3 Å². The third kappa shape index (κ3) is 2.83. The Morgan fingerprint density at radius 2 is 2.30 bits per heavy atom. The second-order valence-corrected chi connectivity index (χ2v) is 5.83. The summed E-state index contributed by atoms with van der Waals surface area (Å²) in [4.78, 5) is 23.4. The van der Waals surface area contributed by atoms with Gasteiger partial charge in [0.2, 0.25) is 0 Å². The summed E-state index contributed by atoms with van der Waals surface area (Å²) in [6.07, 6.45) is 1.94. The van der Waals surface area contributed by atoms with Crippen molar-refractivity contribution >= 4 is 23.6 Å². The number of hydrogen-bond acceptors (Lipinski definition) is 5. The molecule has 20 heavy (non-hydrogen) atoms. The van der Waals surface area contributed by atoms with Crippen molar-refractivity contribution in [2.24, 2.45) is 5.41 Å². The van der Waals surface area contributed by atoms with Gasteiger partial charge in [-0.2, -0.15) is 11.8 Å². The maximum Gasteiger partial charge on any atom is 0.313 e. The Hall–Kier alpha value is -1.47. The van der Waals surface area contributed by atoms with Crippen molar-refractivity contribution in [3.8, 4) is 0 Å². The van der Waals surface area contributed by atoms with E-state index in [2.05, 4.69) is 5.32 Å². The van der Waals surface area contributed by atoms with Crippen LogP contribution in [0.15, 0.2) is 16.5 Å². The van der Waals surface area contributed by atoms with E-state index in [-0.39, 0.29) is 19.0 Å². The number of rotatable bonds is 5. The third-order valence-electron chi connectivity index (χ3n) is 3.42. The van der Waals surface area contributed by atoms with Crippen molar-refractivity contribution < 1.29 is 23.8 Å². The van der Waals surface area contributed by atoms with Gasteiger partial charge >= 0.3 is 5.97 Å². The lowest BCUT2D eigenvalue weighted by molar-refractivity contribution is -0.148. The molecular formula is C13H17NO5S. The molecule has 0 aliphatic carbocycles. The molecule has 0 aromatic carbocycles. The van der Waals surface area contributed by atoms with Gasteiger partial charge in [-0.3, -0.25) is 9.59 Å². The maximum absolute atomic E-state index is 12.1. The number of carbonyl (C=O) groups excluding carboxylic acids is 1. The van der Waals surface area contributed by atoms with Gasteiger partial charge in [-0.25, -0.2) is 0 Å². The van der Waals surface area contributed by atoms with Crippen LogP contribution in [-0.2, 0) is 15.3 Å². The molecule has 1 saturated heterocycles. The number of carboxylic acids is 1. The van der Waals surface area contributed by atoms with Crippen LogP contribution in [0, 0.1) is 5.41 Å². The molecule has 110 valence electrons. The molecule has 1 fully saturated rings. The maximum atomic E-state index is 12.1. The molecule has 2 heterocycles. The van der Waals surface area contributed by atoms with Gasteiger partial charge in [-0.05, 0) is 25.3 Å². The Morgan fingerprint density at radius 1 is 1.55 bits per heavy atom. The molecule has 0 bridgehead atoms. The lowest BCUT2D eigenvalue weighted by Crippen LogP contribution is -2.49. The fourth-order valence-corrected chi connectivity index (χ4v) is 2.47. The molecule has 6 nitrogen and oxygen atoms in total. The Morgan fingerprint density at radius 3 is 2.95 bits per heavy atom. The lowest BCUT2D eigenvalue weighted by atomic mass is 9.85. The van der Waals surface area contributed by atoms with Crippen LogP contribution in [0.4, 0.5) is 0 Å². The Kier molecular flexibility index (Phi) is 4.39. The van der Waals surface area contributed by atoms with Crippen LogP contribution in [0.2, 0.25) is 0 Å². The summed E-state index contributed by atoms with van der Waals surface area (Å²) in [6.45, 7) is 1.84. The summed E-state index contributed by atoms with van der Waals surface area (Å²) in [5.74, 6) is 0.190. The lowest BCUT2D eigenvalue weighted by Gasteiger charge is -2.24. The number of aliphatic carboxylic acids is 1. The Balaban J connectivity index is 2.05. The van der Waals surface area contributed by atoms with Gasteiger partial charge in [-0.15, -0.1) is 0 Å². The highest BCUT2D eigenvalue weighted by Gasteiger charge is 2.47. The van der Waals surface area contributed by atoms with Gasteiger partial charge in [0.05, 0.1) is 25.0 Å². The van der Waals surface area contributed by atoms with E-state index >= 15 is 0 Å². The minimum Gasteiger partial charge on any atom is -0.481 e. The monoisotopic (exact) mass is 299 g/mol. The van der Waals surface area contributed by atoms with Crippen LogP contribution in [0.5, 0.6) is 0 Å². The highest BCUT2D eigenvalue weighted by Crippen LogP contribution is 2.29. The van der Waals surface area contributed by atoms with Gasteiger partial charge in [0.25, 0.3) is 5.91 Å². The van der Waals surface area contributed by atoms with Crippen molar-refractivity contribution in [2.75, 3.05) is 19.5 Å². The van der Waals surface area contributed by atoms with E-state index in [1.807, 2.05) is 6.26 Å². The molecule has 1 aromatic heterocycles. The summed E-state index contributed by atoms with van der Waals surface area (Å²) in [5.41, 5.74) is -1.11. The second kappa shape index (κ2) is 5.88. The molecule has 2 unspecified atom stereocenters. The normalized spacial score (nSPS) is 25.6. The quantitative estimate of drug-likeness (QED) is 0.853. The van der Waals surface area contributed by atoms with Crippen molar-refractivity contribution in [2.45, 2.75) is 18.7 Å². The first-order valence-electron chi connectivity index (χ1n) is 6.17. The highest BCUT2D eigenvalue weighted by molar-refractivity contribution is 7.97. The van der Waals surface area contributed by atoms with Crippen LogP contribution >= 0.6 is 11.8 Å². The number of furan rings is 1. The number of hydrogen-bond donors (Lipinski definition) is 2. The number of nitrogens with one attached hydrogen (secondary N) is 1. The van der Waals surface area contributed by atoms with Gasteiger partial charge in [0.15, 0.2) is 5.76 Å². The third-order valence-corrected chi connectivity index (χ3v) is 3.99. The van der Waals surface area contributed by atoms with Gasteiger partial charge in [0.1, 0.15) is 11.2 Å². The zero-order valence-electron chi connectivity index (χ0n) is 11.3. The number of carbonyl (C=O) groups is 2. The van der Waals surface area contributed by atoms with Crippen molar-refractivity contribution in [1.29, 1.82) is 0 Å². The minimum atomic E-state index is -1.11. The van der Waals surface area contributed by atoms with Crippen LogP contribution < -0.4 is 5.32 Å². The first-order chi connectivity index (χ1) is 9.47. The SMILES string of the molecule is CSCc1ccc(C(=O)NC2COCC2(C)C(=O)O)o1. The van der Waals surface area contributed by atoms with Crippen molar-refractivity contribution in [3.63, 3.8) is 0 Å². The summed E-state index contributed by atoms with van der Waals surface area (Å²) in [6, 6.07) is 2.77. The number of ether oxygens (including phenoxy) is 1. The molecule has 1 aliphatic heterocycles. The minimum absolute atomic E-state index is 0.0865. The standard InChI is InChI=1S/C13H17NO5S/c1-13(12(16)17)7-18-5-10(13)14-11(15)9-4-3-8(19-9)6-20-2/h3-4,10H,5-7H2,1-2H3,(H,14,15)(H,16,17). The van der Waals surface area contributed by atoms with Crippen molar-refractivity contribution in [3.05, 3.63) is 23.7 Å². The smallest absolute Gasteiger partial charge is 0.313 e. The summed E-state index contributed by atoms with van der Waals surface area (Å²) in [5, 5.41) is 11.9. The molecule has 1 aliphatic rings. The summed E-state index contributed by atoms with van der Waals surface area (Å²) >= 11 is 1.59. The van der Waals surface area contributed by atoms with Crippen molar-refractivity contribution in [1.82, 2.24) is 5.32 Å². The second-order valence-electron chi connectivity index (χ2n) is 4.96. The topological polar surface area (TPSA) is 88.8 Å². The van der Waals surface area contributed by atoms with Gasteiger partial charge in [0, 0.05) is 0 Å². The number of thioether (sulfide) groups is 1. The highest BCUT2D eigenvalue weighted by atomic mass is 32.2. The molecular weight excluding hydrogens is 282 g/mol.